The molecule has 0 bridgehead atoms. The van der Waals surface area contributed by atoms with Gasteiger partial charge in [-0.3, -0.25) is 9.59 Å². The zero-order valence-electron chi connectivity index (χ0n) is 15.5. The lowest BCUT2D eigenvalue weighted by molar-refractivity contribution is 0.102. The van der Waals surface area contributed by atoms with Gasteiger partial charge < -0.3 is 10.6 Å². The second-order valence-corrected chi connectivity index (χ2v) is 8.06. The molecule has 0 unspecified atom stereocenters. The number of carbonyl (C=O) groups is 2. The Kier molecular flexibility index (Phi) is 6.23. The van der Waals surface area contributed by atoms with Crippen LogP contribution >= 0.6 is 34.5 Å². The Morgan fingerprint density at radius 1 is 1.00 bits per heavy atom. The fourth-order valence-electron chi connectivity index (χ4n) is 2.66. The van der Waals surface area contributed by atoms with E-state index in [0.717, 1.165) is 16.9 Å². The third kappa shape index (κ3) is 4.43. The van der Waals surface area contributed by atoms with Gasteiger partial charge in [0.15, 0.2) is 0 Å². The fourth-order valence-corrected chi connectivity index (χ4v) is 4.00. The van der Waals surface area contributed by atoms with Crippen molar-refractivity contribution in [2.24, 2.45) is 0 Å². The number of aryl methyl sites for hydroxylation is 1. The van der Waals surface area contributed by atoms with Crippen molar-refractivity contribution in [2.45, 2.75) is 13.8 Å². The number of benzene rings is 2. The molecule has 1 heterocycles. The van der Waals surface area contributed by atoms with Gasteiger partial charge in [-0.05, 0) is 49.2 Å². The van der Waals surface area contributed by atoms with Gasteiger partial charge in [0.1, 0.15) is 11.1 Å². The second-order valence-electron chi connectivity index (χ2n) is 6.22. The van der Waals surface area contributed by atoms with Gasteiger partial charge in [0.25, 0.3) is 11.8 Å². The van der Waals surface area contributed by atoms with Crippen LogP contribution in [0.2, 0.25) is 10.0 Å². The highest BCUT2D eigenvalue weighted by molar-refractivity contribution is 7.18. The Morgan fingerprint density at radius 3 is 2.38 bits per heavy atom. The number of nitriles is 1. The highest BCUT2D eigenvalue weighted by Gasteiger charge is 2.22. The molecule has 2 N–H and O–H groups in total. The van der Waals surface area contributed by atoms with Crippen molar-refractivity contribution < 1.29 is 9.59 Å². The van der Waals surface area contributed by atoms with Gasteiger partial charge in [0.2, 0.25) is 0 Å². The summed E-state index contributed by atoms with van der Waals surface area (Å²) in [7, 11) is 0. The first kappa shape index (κ1) is 20.9. The van der Waals surface area contributed by atoms with Crippen molar-refractivity contribution in [1.82, 2.24) is 0 Å². The molecule has 3 rings (SSSR count). The first-order valence-corrected chi connectivity index (χ1v) is 10.1. The highest BCUT2D eigenvalue weighted by Crippen LogP contribution is 2.34. The summed E-state index contributed by atoms with van der Waals surface area (Å²) >= 11 is 12.9. The maximum absolute atomic E-state index is 12.8. The molecule has 0 aliphatic heterocycles. The molecule has 0 saturated carbocycles. The van der Waals surface area contributed by atoms with E-state index in [2.05, 4.69) is 16.7 Å². The minimum atomic E-state index is -0.452. The molecule has 0 fully saturated rings. The maximum atomic E-state index is 12.8. The highest BCUT2D eigenvalue weighted by atomic mass is 35.5. The molecule has 29 heavy (non-hydrogen) atoms. The number of nitrogens with one attached hydrogen (secondary N) is 2. The molecule has 0 aliphatic rings. The SMILES string of the molecule is Cc1ccccc1NC(=O)c1sc(NC(=O)c2ccc(Cl)c(Cl)c2)c(C#N)c1C. The molecule has 0 atom stereocenters. The van der Waals surface area contributed by atoms with Crippen molar-refractivity contribution in [1.29, 1.82) is 5.26 Å². The first-order valence-electron chi connectivity index (χ1n) is 8.48. The average molecular weight is 444 g/mol. The van der Waals surface area contributed by atoms with Crippen LogP contribution in [0.5, 0.6) is 0 Å². The third-order valence-corrected chi connectivity index (χ3v) is 6.21. The van der Waals surface area contributed by atoms with Crippen molar-refractivity contribution in [3.8, 4) is 6.07 Å². The van der Waals surface area contributed by atoms with Gasteiger partial charge in [-0.1, -0.05) is 41.4 Å². The Bertz CT molecular complexity index is 1170. The van der Waals surface area contributed by atoms with Crippen LogP contribution < -0.4 is 10.6 Å². The zero-order valence-corrected chi connectivity index (χ0v) is 17.8. The lowest BCUT2D eigenvalue weighted by Gasteiger charge is -2.07. The Hall–Kier alpha value is -2.85. The van der Waals surface area contributed by atoms with Gasteiger partial charge in [-0.15, -0.1) is 11.3 Å². The molecule has 8 heteroatoms. The van der Waals surface area contributed by atoms with Crippen LogP contribution in [0.1, 0.15) is 36.7 Å². The van der Waals surface area contributed by atoms with Crippen LogP contribution in [0.15, 0.2) is 42.5 Å². The molecule has 1 aromatic heterocycles. The molecule has 2 amide bonds. The summed E-state index contributed by atoms with van der Waals surface area (Å²) < 4.78 is 0. The number of rotatable bonds is 4. The number of halogens is 2. The van der Waals surface area contributed by atoms with E-state index >= 15 is 0 Å². The molecular formula is C21H15Cl2N3O2S. The number of hydrogen-bond donors (Lipinski definition) is 2. The molecule has 0 saturated heterocycles. The summed E-state index contributed by atoms with van der Waals surface area (Å²) in [5.74, 6) is -0.791. The van der Waals surface area contributed by atoms with Gasteiger partial charge in [0, 0.05) is 11.3 Å². The van der Waals surface area contributed by atoms with Crippen LogP contribution in [0.25, 0.3) is 0 Å². The van der Waals surface area contributed by atoms with E-state index in [9.17, 15) is 14.9 Å². The summed E-state index contributed by atoms with van der Waals surface area (Å²) in [4.78, 5) is 25.7. The van der Waals surface area contributed by atoms with E-state index in [1.807, 2.05) is 25.1 Å². The number of hydrogen-bond acceptors (Lipinski definition) is 4. The summed E-state index contributed by atoms with van der Waals surface area (Å²) in [5.41, 5.74) is 2.65. The van der Waals surface area contributed by atoms with Gasteiger partial charge in [-0.25, -0.2) is 0 Å². The summed E-state index contributed by atoms with van der Waals surface area (Å²) in [6.45, 7) is 3.57. The Balaban J connectivity index is 1.88. The molecule has 0 radical (unpaired) electrons. The minimum absolute atomic E-state index is 0.248. The van der Waals surface area contributed by atoms with E-state index in [1.54, 1.807) is 13.0 Å². The Labute approximate surface area is 181 Å². The number of para-hydroxylation sites is 1. The molecule has 146 valence electrons. The number of anilines is 2. The molecule has 0 aliphatic carbocycles. The largest absolute Gasteiger partial charge is 0.321 e. The normalized spacial score (nSPS) is 10.3. The van der Waals surface area contributed by atoms with Crippen LogP contribution in [-0.4, -0.2) is 11.8 Å². The van der Waals surface area contributed by atoms with Gasteiger partial charge >= 0.3 is 0 Å². The molecular weight excluding hydrogens is 429 g/mol. The predicted molar refractivity (Wildman–Crippen MR) is 117 cm³/mol. The van der Waals surface area contributed by atoms with E-state index in [1.165, 1.54) is 18.2 Å². The van der Waals surface area contributed by atoms with E-state index in [-0.39, 0.29) is 16.5 Å². The average Bonchev–Trinajstić information content (AvgIpc) is 3.00. The summed E-state index contributed by atoms with van der Waals surface area (Å²) in [5, 5.41) is 16.0. The summed E-state index contributed by atoms with van der Waals surface area (Å²) in [6, 6.07) is 13.9. The number of nitrogens with zero attached hydrogens (tertiary/aromatic N) is 1. The number of thiophene rings is 1. The lowest BCUT2D eigenvalue weighted by Crippen LogP contribution is -2.12. The van der Waals surface area contributed by atoms with E-state index in [4.69, 9.17) is 23.2 Å². The number of amides is 2. The standard InChI is InChI=1S/C21H15Cl2N3O2S/c1-11-5-3-4-6-17(11)25-20(28)18-12(2)14(10-24)21(29-18)26-19(27)13-7-8-15(22)16(23)9-13/h3-9H,1-2H3,(H,25,28)(H,26,27). The summed E-state index contributed by atoms with van der Waals surface area (Å²) in [6.07, 6.45) is 0. The third-order valence-electron chi connectivity index (χ3n) is 4.27. The monoisotopic (exact) mass is 443 g/mol. The van der Waals surface area contributed by atoms with Crippen molar-refractivity contribution >= 4 is 57.0 Å². The number of carbonyl (C=O) groups excluding carboxylic acids is 2. The Morgan fingerprint density at radius 2 is 1.72 bits per heavy atom. The fraction of sp³-hybridized carbons (Fsp3) is 0.0952. The van der Waals surface area contributed by atoms with Crippen LogP contribution in [0.3, 0.4) is 0 Å². The second kappa shape index (κ2) is 8.66. The molecule has 2 aromatic carbocycles. The topological polar surface area (TPSA) is 82.0 Å². The maximum Gasteiger partial charge on any atom is 0.266 e. The molecule has 3 aromatic rings. The smallest absolute Gasteiger partial charge is 0.266 e. The quantitative estimate of drug-likeness (QED) is 0.514. The molecule has 5 nitrogen and oxygen atoms in total. The van der Waals surface area contributed by atoms with E-state index in [0.29, 0.717) is 31.7 Å². The van der Waals surface area contributed by atoms with Crippen LogP contribution in [0, 0.1) is 25.2 Å². The van der Waals surface area contributed by atoms with Crippen molar-refractivity contribution in [2.75, 3.05) is 10.6 Å². The first-order chi connectivity index (χ1) is 13.8. The van der Waals surface area contributed by atoms with Crippen molar-refractivity contribution in [3.63, 3.8) is 0 Å². The van der Waals surface area contributed by atoms with Gasteiger partial charge in [-0.2, -0.15) is 5.26 Å². The van der Waals surface area contributed by atoms with Crippen LogP contribution in [-0.2, 0) is 0 Å². The minimum Gasteiger partial charge on any atom is -0.321 e. The van der Waals surface area contributed by atoms with Crippen molar-refractivity contribution in [3.05, 3.63) is 79.6 Å². The lowest BCUT2D eigenvalue weighted by atomic mass is 10.1. The van der Waals surface area contributed by atoms with Gasteiger partial charge in [0.05, 0.1) is 20.5 Å². The predicted octanol–water partition coefficient (Wildman–Crippen LogP) is 6.05. The van der Waals surface area contributed by atoms with Crippen LogP contribution in [0.4, 0.5) is 10.7 Å². The van der Waals surface area contributed by atoms with E-state index < -0.39 is 5.91 Å². The zero-order chi connectivity index (χ0) is 21.1. The molecule has 0 spiro atoms.